The largest absolute Gasteiger partial charge is 0.395 e. The van der Waals surface area contributed by atoms with Crippen molar-refractivity contribution < 1.29 is 43.3 Å². The maximum Gasteiger partial charge on any atom is 0.304 e. The molecule has 1 atom stereocenters. The van der Waals surface area contributed by atoms with Crippen LogP contribution in [0.4, 0.5) is 0 Å². The topological polar surface area (TPSA) is 202 Å². The van der Waals surface area contributed by atoms with E-state index in [-0.39, 0.29) is 44.5 Å². The van der Waals surface area contributed by atoms with E-state index in [1.165, 1.54) is 40.2 Å². The number of hydrogen-bond acceptors (Lipinski definition) is 12. The first-order valence-corrected chi connectivity index (χ1v) is 10.3. The minimum absolute atomic E-state index is 0.149. The molecule has 0 spiro atoms. The van der Waals surface area contributed by atoms with Gasteiger partial charge < -0.3 is 40.1 Å². The summed E-state index contributed by atoms with van der Waals surface area (Å²) in [4.78, 5) is 60.3. The van der Waals surface area contributed by atoms with Gasteiger partial charge in [-0.3, -0.25) is 19.3 Å². The van der Waals surface area contributed by atoms with Crippen LogP contribution in [0.2, 0.25) is 0 Å². The third-order valence-corrected chi connectivity index (χ3v) is 3.51. The Hall–Kier alpha value is -3.54. The van der Waals surface area contributed by atoms with Crippen LogP contribution in [0.5, 0.6) is 0 Å². The predicted molar refractivity (Wildman–Crippen MR) is 125 cm³/mol. The van der Waals surface area contributed by atoms with Crippen molar-refractivity contribution in [3.05, 3.63) is 11.4 Å². The van der Waals surface area contributed by atoms with Gasteiger partial charge in [-0.05, 0) is 6.92 Å². The molecule has 204 valence electrons. The number of carbonyl (C=O) groups is 3. The molecule has 3 amide bonds. The minimum atomic E-state index is -0.760. The van der Waals surface area contributed by atoms with Gasteiger partial charge in [0.1, 0.15) is 6.23 Å². The van der Waals surface area contributed by atoms with Gasteiger partial charge in [0.15, 0.2) is 6.67 Å². The molecule has 0 aromatic heterocycles. The summed E-state index contributed by atoms with van der Waals surface area (Å²) in [6.07, 6.45) is 1.86. The van der Waals surface area contributed by atoms with Crippen LogP contribution in [0.3, 0.4) is 0 Å². The number of aliphatic imine (C=N–C) groups is 2. The van der Waals surface area contributed by atoms with E-state index in [0.29, 0.717) is 0 Å². The molecule has 16 heteroatoms. The molecule has 0 aliphatic carbocycles. The van der Waals surface area contributed by atoms with Crippen LogP contribution in [0.1, 0.15) is 20.8 Å². The Bertz CT molecular complexity index is 714. The number of nitrogens with one attached hydrogen (secondary N) is 3. The number of nitrogens with zero attached hydrogens (tertiary/aromatic N) is 4. The first-order valence-electron chi connectivity index (χ1n) is 10.3. The third kappa shape index (κ3) is 28.5. The number of amides is 3. The fourth-order valence-electron chi connectivity index (χ4n) is 1.90. The van der Waals surface area contributed by atoms with E-state index in [2.05, 4.69) is 45.2 Å². The number of hydrogen-bond donors (Lipinski definition) is 4. The SMILES string of the molecule is CC(=O)NCNC(C)=O.CC1OCCN1CCO.O=C=NCN=C=O.[C-]#[N+]CC(=O)NC(OC)OC. The molecule has 1 fully saturated rings. The second kappa shape index (κ2) is 27.7. The molecule has 1 unspecified atom stereocenters. The van der Waals surface area contributed by atoms with Crippen LogP contribution in [0.15, 0.2) is 9.98 Å². The number of methoxy groups -OCH3 is 2. The lowest BCUT2D eigenvalue weighted by molar-refractivity contribution is -0.147. The molecule has 0 aromatic rings. The fraction of sp³-hybridized carbons (Fsp3) is 0.700. The van der Waals surface area contributed by atoms with Crippen LogP contribution >= 0.6 is 0 Å². The average Bonchev–Trinajstić information content (AvgIpc) is 3.23. The van der Waals surface area contributed by atoms with Crippen molar-refractivity contribution in [2.75, 3.05) is 60.4 Å². The van der Waals surface area contributed by atoms with E-state index in [1.807, 2.05) is 6.92 Å². The number of aliphatic hydroxyl groups is 1. The molecule has 0 aromatic carbocycles. The highest BCUT2D eigenvalue weighted by Crippen LogP contribution is 2.06. The number of ether oxygens (including phenoxy) is 3. The maximum atomic E-state index is 10.7. The smallest absolute Gasteiger partial charge is 0.304 e. The molecule has 0 saturated carbocycles. The molecule has 0 radical (unpaired) electrons. The lowest BCUT2D eigenvalue weighted by Crippen LogP contribution is -2.38. The van der Waals surface area contributed by atoms with E-state index in [9.17, 15) is 24.0 Å². The van der Waals surface area contributed by atoms with Crippen molar-refractivity contribution in [1.29, 1.82) is 0 Å². The van der Waals surface area contributed by atoms with Crippen molar-refractivity contribution in [3.8, 4) is 0 Å². The van der Waals surface area contributed by atoms with Crippen molar-refractivity contribution in [1.82, 2.24) is 20.9 Å². The number of β-amino-alcohol motifs (C(OH)–C–C–N with tert-alkyl or cyclic N) is 1. The maximum absolute atomic E-state index is 10.7. The number of rotatable bonds is 10. The second-order valence-corrected chi connectivity index (χ2v) is 6.20. The molecular formula is C20H35N7O9. The first-order chi connectivity index (χ1) is 17.1. The van der Waals surface area contributed by atoms with E-state index >= 15 is 0 Å². The molecule has 36 heavy (non-hydrogen) atoms. The molecular weight excluding hydrogens is 482 g/mol. The minimum Gasteiger partial charge on any atom is -0.395 e. The Morgan fingerprint density at radius 2 is 1.69 bits per heavy atom. The van der Waals surface area contributed by atoms with Gasteiger partial charge in [-0.25, -0.2) is 16.2 Å². The summed E-state index contributed by atoms with van der Waals surface area (Å²) >= 11 is 0. The summed E-state index contributed by atoms with van der Waals surface area (Å²) < 4.78 is 14.6. The van der Waals surface area contributed by atoms with Crippen molar-refractivity contribution in [2.24, 2.45) is 9.98 Å². The number of isocyanates is 2. The van der Waals surface area contributed by atoms with E-state index in [1.54, 1.807) is 0 Å². The predicted octanol–water partition coefficient (Wildman–Crippen LogP) is -1.91. The summed E-state index contributed by atoms with van der Waals surface area (Å²) in [7, 11) is 2.79. The zero-order valence-corrected chi connectivity index (χ0v) is 21.1. The molecule has 4 N–H and O–H groups in total. The standard InChI is InChI=1S/C6H10N2O3.C6H13NO2.C5H10N2O2.C3H2N2O2/c1-7-4-5(9)8-6(10-2)11-3;1-6-7(2-4-8)3-5-9-6;1-4(8)6-3-7-5(2)9;6-2-4-1-5-3-7/h6H,4H2,2-3H3,(H,8,9);6,8H,2-5H2,1H3;3H2,1-2H3,(H,6,8)(H,7,9);1H2. The van der Waals surface area contributed by atoms with E-state index in [0.717, 1.165) is 19.7 Å². The first kappa shape index (κ1) is 37.0. The van der Waals surface area contributed by atoms with Gasteiger partial charge in [0.25, 0.3) is 6.54 Å². The summed E-state index contributed by atoms with van der Waals surface area (Å²) in [5, 5.41) is 15.7. The molecule has 1 aliphatic heterocycles. The molecule has 1 heterocycles. The highest BCUT2D eigenvalue weighted by Gasteiger charge is 2.19. The zero-order valence-electron chi connectivity index (χ0n) is 21.1. The Balaban J connectivity index is -0.000000408. The van der Waals surface area contributed by atoms with Gasteiger partial charge >= 0.3 is 5.91 Å². The molecule has 1 aliphatic rings. The third-order valence-electron chi connectivity index (χ3n) is 3.51. The zero-order chi connectivity index (χ0) is 28.2. The quantitative estimate of drug-likeness (QED) is 0.110. The summed E-state index contributed by atoms with van der Waals surface area (Å²) in [5.74, 6) is -0.707. The van der Waals surface area contributed by atoms with Gasteiger partial charge in [0.2, 0.25) is 30.4 Å². The van der Waals surface area contributed by atoms with Crippen LogP contribution in [0, 0.1) is 6.57 Å². The molecule has 1 rings (SSSR count). The lowest BCUT2D eigenvalue weighted by Gasteiger charge is -2.16. The Kier molecular flexibility index (Phi) is 28.5. The molecule has 1 saturated heterocycles. The van der Waals surface area contributed by atoms with Crippen LogP contribution in [0.25, 0.3) is 4.85 Å². The molecule has 16 nitrogen and oxygen atoms in total. The summed E-state index contributed by atoms with van der Waals surface area (Å²) in [5.41, 5.74) is 0. The second-order valence-electron chi connectivity index (χ2n) is 6.20. The monoisotopic (exact) mass is 517 g/mol. The van der Waals surface area contributed by atoms with E-state index in [4.69, 9.17) is 16.4 Å². The number of aliphatic hydroxyl groups excluding tert-OH is 1. The Morgan fingerprint density at radius 1 is 1.17 bits per heavy atom. The van der Waals surface area contributed by atoms with Crippen molar-refractivity contribution in [2.45, 2.75) is 33.4 Å². The number of carbonyl (C=O) groups excluding carboxylic acids is 5. The Morgan fingerprint density at radius 3 is 2.03 bits per heavy atom. The summed E-state index contributed by atoms with van der Waals surface area (Å²) in [6, 6.07) is 0. The van der Waals surface area contributed by atoms with E-state index < -0.39 is 12.3 Å². The fourth-order valence-corrected chi connectivity index (χ4v) is 1.90. The van der Waals surface area contributed by atoms with Crippen molar-refractivity contribution >= 4 is 29.9 Å². The van der Waals surface area contributed by atoms with Gasteiger partial charge in [0, 0.05) is 41.2 Å². The Labute approximate surface area is 209 Å². The van der Waals surface area contributed by atoms with Crippen molar-refractivity contribution in [3.63, 3.8) is 0 Å². The van der Waals surface area contributed by atoms with Gasteiger partial charge in [-0.1, -0.05) is 0 Å². The van der Waals surface area contributed by atoms with Gasteiger partial charge in [-0.2, -0.15) is 9.98 Å². The van der Waals surface area contributed by atoms with Gasteiger partial charge in [0.05, 0.1) is 19.9 Å². The normalized spacial score (nSPS) is 13.3. The van der Waals surface area contributed by atoms with Gasteiger partial charge in [-0.15, -0.1) is 0 Å². The average molecular weight is 518 g/mol. The molecule has 0 bridgehead atoms. The van der Waals surface area contributed by atoms with Crippen LogP contribution < -0.4 is 16.0 Å². The van der Waals surface area contributed by atoms with Crippen LogP contribution in [-0.2, 0) is 38.2 Å². The van der Waals surface area contributed by atoms with Crippen LogP contribution in [-0.4, -0.2) is 113 Å². The lowest BCUT2D eigenvalue weighted by atomic mass is 10.5. The summed E-state index contributed by atoms with van der Waals surface area (Å²) in [6.45, 7) is 13.7. The highest BCUT2D eigenvalue weighted by atomic mass is 16.7. The highest BCUT2D eigenvalue weighted by molar-refractivity contribution is 5.79.